The number of aryl methyl sites for hydroxylation is 1. The lowest BCUT2D eigenvalue weighted by atomic mass is 10.2. The zero-order valence-electron chi connectivity index (χ0n) is 10.1. The van der Waals surface area contributed by atoms with Gasteiger partial charge in [0, 0.05) is 16.0 Å². The number of carbonyl (C=O) groups is 1. The van der Waals surface area contributed by atoms with Crippen LogP contribution in [0.4, 0.5) is 10.1 Å². The Balaban J connectivity index is 2.05. The number of benzene rings is 1. The molecule has 98 valence electrons. The van der Waals surface area contributed by atoms with Crippen LogP contribution in [0, 0.1) is 12.7 Å². The van der Waals surface area contributed by atoms with E-state index in [2.05, 4.69) is 5.32 Å². The molecule has 1 amide bonds. The Hall–Kier alpha value is -1.65. The maximum absolute atomic E-state index is 13.5. The SMILES string of the molecule is Cc1ccsc1C=CC(=O)Nc1ccc(Cl)cc1F. The van der Waals surface area contributed by atoms with Crippen LogP contribution in [0.1, 0.15) is 10.4 Å². The van der Waals surface area contributed by atoms with Crippen LogP contribution in [-0.4, -0.2) is 5.91 Å². The van der Waals surface area contributed by atoms with Gasteiger partial charge < -0.3 is 5.32 Å². The highest BCUT2D eigenvalue weighted by atomic mass is 35.5. The van der Waals surface area contributed by atoms with Gasteiger partial charge in [0.2, 0.25) is 5.91 Å². The summed E-state index contributed by atoms with van der Waals surface area (Å²) >= 11 is 7.18. The molecule has 2 aromatic rings. The Morgan fingerprint density at radius 2 is 2.21 bits per heavy atom. The lowest BCUT2D eigenvalue weighted by molar-refractivity contribution is -0.111. The fourth-order valence-corrected chi connectivity index (χ4v) is 2.45. The van der Waals surface area contributed by atoms with Crippen molar-refractivity contribution >= 4 is 40.6 Å². The van der Waals surface area contributed by atoms with Gasteiger partial charge in [-0.25, -0.2) is 4.39 Å². The predicted octanol–water partition coefficient (Wildman–Crippen LogP) is 4.50. The minimum atomic E-state index is -0.554. The van der Waals surface area contributed by atoms with Crippen molar-refractivity contribution < 1.29 is 9.18 Å². The highest BCUT2D eigenvalue weighted by molar-refractivity contribution is 7.11. The third-order valence-electron chi connectivity index (χ3n) is 2.48. The van der Waals surface area contributed by atoms with Gasteiger partial charge in [-0.2, -0.15) is 0 Å². The van der Waals surface area contributed by atoms with E-state index in [0.29, 0.717) is 5.02 Å². The summed E-state index contributed by atoms with van der Waals surface area (Å²) in [6, 6.07) is 6.08. The van der Waals surface area contributed by atoms with E-state index in [1.54, 1.807) is 17.4 Å². The minimum Gasteiger partial charge on any atom is -0.320 e. The number of hydrogen-bond acceptors (Lipinski definition) is 2. The first kappa shape index (κ1) is 13.8. The Kier molecular flexibility index (Phi) is 4.35. The summed E-state index contributed by atoms with van der Waals surface area (Å²) < 4.78 is 13.5. The summed E-state index contributed by atoms with van der Waals surface area (Å²) in [5.41, 5.74) is 1.22. The zero-order chi connectivity index (χ0) is 13.8. The van der Waals surface area contributed by atoms with Gasteiger partial charge in [-0.15, -0.1) is 11.3 Å². The third kappa shape index (κ3) is 3.66. The summed E-state index contributed by atoms with van der Waals surface area (Å²) in [7, 11) is 0. The molecule has 0 atom stereocenters. The first-order chi connectivity index (χ1) is 9.06. The monoisotopic (exact) mass is 295 g/mol. The molecule has 0 spiro atoms. The smallest absolute Gasteiger partial charge is 0.248 e. The molecule has 1 N–H and O–H groups in total. The molecule has 0 aliphatic rings. The minimum absolute atomic E-state index is 0.113. The first-order valence-corrected chi connectivity index (χ1v) is 6.80. The van der Waals surface area contributed by atoms with Gasteiger partial charge in [0.25, 0.3) is 0 Å². The van der Waals surface area contributed by atoms with Gasteiger partial charge in [0.15, 0.2) is 0 Å². The Bertz CT molecular complexity index is 636. The molecule has 19 heavy (non-hydrogen) atoms. The molecule has 0 unspecified atom stereocenters. The molecule has 0 aliphatic carbocycles. The molecule has 5 heteroatoms. The highest BCUT2D eigenvalue weighted by Gasteiger charge is 2.05. The van der Waals surface area contributed by atoms with Gasteiger partial charge in [-0.3, -0.25) is 4.79 Å². The van der Waals surface area contributed by atoms with Crippen molar-refractivity contribution in [2.24, 2.45) is 0 Å². The lowest BCUT2D eigenvalue weighted by Gasteiger charge is -2.03. The van der Waals surface area contributed by atoms with Gasteiger partial charge >= 0.3 is 0 Å². The van der Waals surface area contributed by atoms with Crippen LogP contribution in [0.5, 0.6) is 0 Å². The zero-order valence-corrected chi connectivity index (χ0v) is 11.7. The molecule has 0 saturated carbocycles. The van der Waals surface area contributed by atoms with Gasteiger partial charge in [0.05, 0.1) is 5.69 Å². The van der Waals surface area contributed by atoms with Crippen molar-refractivity contribution in [1.82, 2.24) is 0 Å². The van der Waals surface area contributed by atoms with Crippen LogP contribution in [0.2, 0.25) is 5.02 Å². The van der Waals surface area contributed by atoms with Gasteiger partial charge in [-0.1, -0.05) is 11.6 Å². The Morgan fingerprint density at radius 3 is 2.84 bits per heavy atom. The maximum Gasteiger partial charge on any atom is 0.248 e. The molecule has 2 nitrogen and oxygen atoms in total. The van der Waals surface area contributed by atoms with Crippen LogP contribution in [0.15, 0.2) is 35.7 Å². The van der Waals surface area contributed by atoms with Crippen molar-refractivity contribution in [3.63, 3.8) is 0 Å². The molecule has 0 bridgehead atoms. The lowest BCUT2D eigenvalue weighted by Crippen LogP contribution is -2.09. The topological polar surface area (TPSA) is 29.1 Å². The van der Waals surface area contributed by atoms with E-state index in [0.717, 1.165) is 16.5 Å². The van der Waals surface area contributed by atoms with Crippen molar-refractivity contribution in [1.29, 1.82) is 0 Å². The van der Waals surface area contributed by atoms with E-state index in [-0.39, 0.29) is 11.6 Å². The number of rotatable bonds is 3. The van der Waals surface area contributed by atoms with Crippen LogP contribution in [0.25, 0.3) is 6.08 Å². The number of thiophene rings is 1. The second-order valence-electron chi connectivity index (χ2n) is 3.91. The predicted molar refractivity (Wildman–Crippen MR) is 78.1 cm³/mol. The van der Waals surface area contributed by atoms with Crippen molar-refractivity contribution in [3.8, 4) is 0 Å². The van der Waals surface area contributed by atoms with Crippen LogP contribution < -0.4 is 5.32 Å². The normalized spacial score (nSPS) is 10.9. The molecule has 1 aromatic heterocycles. The molecule has 1 aromatic carbocycles. The molecule has 0 aliphatic heterocycles. The van der Waals surface area contributed by atoms with E-state index in [4.69, 9.17) is 11.6 Å². The van der Waals surface area contributed by atoms with Crippen LogP contribution >= 0.6 is 22.9 Å². The molecular weight excluding hydrogens is 285 g/mol. The van der Waals surface area contributed by atoms with Crippen molar-refractivity contribution in [2.75, 3.05) is 5.32 Å². The molecule has 1 heterocycles. The maximum atomic E-state index is 13.5. The van der Waals surface area contributed by atoms with Crippen molar-refractivity contribution in [3.05, 3.63) is 57.0 Å². The van der Waals surface area contributed by atoms with Gasteiger partial charge in [0.1, 0.15) is 5.82 Å². The number of nitrogens with one attached hydrogen (secondary N) is 1. The summed E-state index contributed by atoms with van der Waals surface area (Å²) in [4.78, 5) is 12.7. The summed E-state index contributed by atoms with van der Waals surface area (Å²) in [5.74, 6) is -0.935. The second kappa shape index (κ2) is 5.99. The summed E-state index contributed by atoms with van der Waals surface area (Å²) in [6.07, 6.45) is 3.09. The second-order valence-corrected chi connectivity index (χ2v) is 5.30. The average molecular weight is 296 g/mol. The summed E-state index contributed by atoms with van der Waals surface area (Å²) in [6.45, 7) is 1.97. The number of anilines is 1. The number of amides is 1. The highest BCUT2D eigenvalue weighted by Crippen LogP contribution is 2.19. The van der Waals surface area contributed by atoms with Crippen molar-refractivity contribution in [2.45, 2.75) is 6.92 Å². The van der Waals surface area contributed by atoms with Gasteiger partial charge in [-0.05, 0) is 48.2 Å². The molecule has 2 rings (SSSR count). The standard InChI is InChI=1S/C14H11ClFNOS/c1-9-6-7-19-13(9)4-5-14(18)17-12-3-2-10(15)8-11(12)16/h2-8H,1H3,(H,17,18). The number of halogens is 2. The fourth-order valence-electron chi connectivity index (χ4n) is 1.47. The van der Waals surface area contributed by atoms with E-state index in [1.165, 1.54) is 18.2 Å². The van der Waals surface area contributed by atoms with E-state index in [9.17, 15) is 9.18 Å². The number of hydrogen-bond donors (Lipinski definition) is 1. The first-order valence-electron chi connectivity index (χ1n) is 5.54. The quantitative estimate of drug-likeness (QED) is 0.830. The van der Waals surface area contributed by atoms with E-state index < -0.39 is 5.82 Å². The molecular formula is C14H11ClFNOS. The summed E-state index contributed by atoms with van der Waals surface area (Å²) in [5, 5.41) is 4.71. The largest absolute Gasteiger partial charge is 0.320 e. The average Bonchev–Trinajstić information content (AvgIpc) is 2.76. The molecule has 0 radical (unpaired) electrons. The van der Waals surface area contributed by atoms with Crippen LogP contribution in [-0.2, 0) is 4.79 Å². The molecule has 0 saturated heterocycles. The van der Waals surface area contributed by atoms with E-state index in [1.807, 2.05) is 18.4 Å². The Labute approximate surface area is 119 Å². The van der Waals surface area contributed by atoms with Crippen LogP contribution in [0.3, 0.4) is 0 Å². The molecule has 0 fully saturated rings. The fraction of sp³-hybridized carbons (Fsp3) is 0.0714. The van der Waals surface area contributed by atoms with E-state index >= 15 is 0 Å². The number of carbonyl (C=O) groups excluding carboxylic acids is 1. The third-order valence-corrected chi connectivity index (χ3v) is 3.70. The Morgan fingerprint density at radius 1 is 1.42 bits per heavy atom.